The van der Waals surface area contributed by atoms with Crippen molar-refractivity contribution in [3.05, 3.63) is 59.7 Å². The molecule has 1 heterocycles. The minimum Gasteiger partial charge on any atom is -0.369 e. The molecule has 0 spiro atoms. The van der Waals surface area contributed by atoms with Crippen LogP contribution in [0.1, 0.15) is 17.5 Å². The van der Waals surface area contributed by atoms with E-state index in [1.807, 2.05) is 12.1 Å². The van der Waals surface area contributed by atoms with Crippen LogP contribution in [0.5, 0.6) is 0 Å². The van der Waals surface area contributed by atoms with Crippen molar-refractivity contribution in [2.24, 2.45) is 0 Å². The van der Waals surface area contributed by atoms with E-state index < -0.39 is 10.0 Å². The van der Waals surface area contributed by atoms with Crippen molar-refractivity contribution in [1.29, 1.82) is 0 Å². The Bertz CT molecular complexity index is 953. The molecular weight excluding hydrogens is 400 g/mol. The first-order valence-electron chi connectivity index (χ1n) is 10.2. The molecule has 162 valence electrons. The van der Waals surface area contributed by atoms with Crippen LogP contribution >= 0.6 is 0 Å². The van der Waals surface area contributed by atoms with Crippen LogP contribution < -0.4 is 14.9 Å². The molecule has 30 heavy (non-hydrogen) atoms. The van der Waals surface area contributed by atoms with Crippen molar-refractivity contribution in [3.63, 3.8) is 0 Å². The second-order valence-corrected chi connectivity index (χ2v) is 9.43. The summed E-state index contributed by atoms with van der Waals surface area (Å²) in [6.45, 7) is 4.55. The first-order valence-corrected chi connectivity index (χ1v) is 11.7. The maximum atomic E-state index is 12.4. The van der Waals surface area contributed by atoms with E-state index in [0.717, 1.165) is 37.3 Å². The fourth-order valence-corrected chi connectivity index (χ4v) is 4.24. The van der Waals surface area contributed by atoms with Gasteiger partial charge in [0.25, 0.3) is 0 Å². The quantitative estimate of drug-likeness (QED) is 0.665. The lowest BCUT2D eigenvalue weighted by Crippen LogP contribution is -2.45. The molecule has 3 rings (SSSR count). The molecule has 1 aliphatic rings. The van der Waals surface area contributed by atoms with Crippen molar-refractivity contribution in [1.82, 2.24) is 14.9 Å². The summed E-state index contributed by atoms with van der Waals surface area (Å²) in [5.41, 5.74) is 3.24. The van der Waals surface area contributed by atoms with E-state index in [0.29, 0.717) is 19.4 Å². The first-order chi connectivity index (χ1) is 14.4. The number of carbonyl (C=O) groups excluding carboxylic acids is 1. The highest BCUT2D eigenvalue weighted by Crippen LogP contribution is 2.21. The number of sulfonamides is 1. The number of amides is 1. The fourth-order valence-electron chi connectivity index (χ4n) is 3.51. The molecule has 1 saturated heterocycles. The van der Waals surface area contributed by atoms with Gasteiger partial charge in [-0.1, -0.05) is 30.3 Å². The minimum atomic E-state index is -3.44. The predicted molar refractivity (Wildman–Crippen MR) is 119 cm³/mol. The molecule has 0 aliphatic carbocycles. The van der Waals surface area contributed by atoms with Gasteiger partial charge >= 0.3 is 0 Å². The predicted octanol–water partition coefficient (Wildman–Crippen LogP) is 1.60. The zero-order valence-electron chi connectivity index (χ0n) is 17.6. The van der Waals surface area contributed by atoms with E-state index in [2.05, 4.69) is 39.0 Å². The smallest absolute Gasteiger partial charge is 0.240 e. The molecule has 0 unspecified atom stereocenters. The van der Waals surface area contributed by atoms with Crippen LogP contribution in [-0.4, -0.2) is 59.5 Å². The summed E-state index contributed by atoms with van der Waals surface area (Å²) in [7, 11) is 0.0819. The molecule has 1 fully saturated rings. The molecule has 2 aromatic carbocycles. The summed E-state index contributed by atoms with van der Waals surface area (Å²) in [6, 6.07) is 14.8. The fraction of sp³-hybridized carbons (Fsp3) is 0.409. The van der Waals surface area contributed by atoms with Crippen LogP contribution in [0.15, 0.2) is 53.4 Å². The van der Waals surface area contributed by atoms with Crippen molar-refractivity contribution in [2.75, 3.05) is 45.2 Å². The van der Waals surface area contributed by atoms with E-state index in [1.165, 1.54) is 12.7 Å². The molecule has 1 aliphatic heterocycles. The first kappa shape index (κ1) is 22.3. The highest BCUT2D eigenvalue weighted by molar-refractivity contribution is 7.89. The Hall–Kier alpha value is -2.42. The van der Waals surface area contributed by atoms with Crippen molar-refractivity contribution in [2.45, 2.75) is 24.3 Å². The van der Waals surface area contributed by atoms with E-state index >= 15 is 0 Å². The number of hydrogen-bond donors (Lipinski definition) is 2. The topological polar surface area (TPSA) is 81.7 Å². The number of anilines is 1. The number of benzene rings is 2. The Morgan fingerprint density at radius 3 is 2.33 bits per heavy atom. The van der Waals surface area contributed by atoms with Gasteiger partial charge in [0.1, 0.15) is 0 Å². The Balaban J connectivity index is 1.52. The Morgan fingerprint density at radius 2 is 1.67 bits per heavy atom. The molecule has 1 amide bonds. The van der Waals surface area contributed by atoms with E-state index in [4.69, 9.17) is 0 Å². The third kappa shape index (κ3) is 5.81. The number of aryl methyl sites for hydroxylation is 1. The van der Waals surface area contributed by atoms with Crippen molar-refractivity contribution in [3.8, 4) is 0 Å². The highest BCUT2D eigenvalue weighted by Gasteiger charge is 2.17. The number of hydrogen-bond acceptors (Lipinski definition) is 5. The number of carbonyl (C=O) groups is 1. The van der Waals surface area contributed by atoms with E-state index in [-0.39, 0.29) is 10.8 Å². The number of likely N-dealkylation sites (N-methyl/N-ethyl adjacent to an activating group) is 1. The van der Waals surface area contributed by atoms with Crippen LogP contribution in [-0.2, 0) is 27.8 Å². The number of nitrogens with zero attached hydrogens (tertiary/aromatic N) is 2. The van der Waals surface area contributed by atoms with Crippen LogP contribution in [0.2, 0.25) is 0 Å². The third-order valence-corrected chi connectivity index (χ3v) is 6.88. The number of para-hydroxylation sites is 1. The van der Waals surface area contributed by atoms with Gasteiger partial charge in [0.2, 0.25) is 15.9 Å². The summed E-state index contributed by atoms with van der Waals surface area (Å²) >= 11 is 0. The molecule has 2 aromatic rings. The zero-order chi connectivity index (χ0) is 21.6. The van der Waals surface area contributed by atoms with Crippen molar-refractivity contribution >= 4 is 21.6 Å². The summed E-state index contributed by atoms with van der Waals surface area (Å²) < 4.78 is 25.8. The molecule has 0 radical (unpaired) electrons. The maximum Gasteiger partial charge on any atom is 0.240 e. The van der Waals surface area contributed by atoms with Gasteiger partial charge in [-0.2, -0.15) is 0 Å². The van der Waals surface area contributed by atoms with Crippen LogP contribution in [0, 0.1) is 0 Å². The van der Waals surface area contributed by atoms with E-state index in [9.17, 15) is 13.2 Å². The lowest BCUT2D eigenvalue weighted by atomic mass is 10.1. The number of rotatable bonds is 8. The van der Waals surface area contributed by atoms with Gasteiger partial charge in [0, 0.05) is 44.8 Å². The summed E-state index contributed by atoms with van der Waals surface area (Å²) in [4.78, 5) is 17.3. The molecule has 0 aromatic heterocycles. The molecule has 0 atom stereocenters. The lowest BCUT2D eigenvalue weighted by molar-refractivity contribution is -0.121. The zero-order valence-corrected chi connectivity index (χ0v) is 18.4. The standard InChI is InChI=1S/C22H30N4O3S/c1-23-30(28,29)20-10-7-18(8-11-20)9-12-22(27)24-17-19-5-3-4-6-21(19)26-15-13-25(2)14-16-26/h3-8,10-11,23H,9,12-17H2,1-2H3,(H,24,27). The average molecular weight is 431 g/mol. The van der Waals surface area contributed by atoms with Gasteiger partial charge in [-0.15, -0.1) is 0 Å². The lowest BCUT2D eigenvalue weighted by Gasteiger charge is -2.35. The average Bonchev–Trinajstić information content (AvgIpc) is 2.77. The summed E-state index contributed by atoms with van der Waals surface area (Å²) in [5, 5.41) is 3.02. The highest BCUT2D eigenvalue weighted by atomic mass is 32.2. The summed E-state index contributed by atoms with van der Waals surface area (Å²) in [6.07, 6.45) is 0.917. The minimum absolute atomic E-state index is 0.0184. The second kappa shape index (κ2) is 10.1. The molecule has 7 nitrogen and oxygen atoms in total. The summed E-state index contributed by atoms with van der Waals surface area (Å²) in [5.74, 6) is -0.0184. The van der Waals surface area contributed by atoms with Gasteiger partial charge in [0.15, 0.2) is 0 Å². The van der Waals surface area contributed by atoms with E-state index in [1.54, 1.807) is 24.3 Å². The normalized spacial score (nSPS) is 15.2. The van der Waals surface area contributed by atoms with Crippen LogP contribution in [0.3, 0.4) is 0 Å². The number of piperazine rings is 1. The largest absolute Gasteiger partial charge is 0.369 e. The maximum absolute atomic E-state index is 12.4. The SMILES string of the molecule is CNS(=O)(=O)c1ccc(CCC(=O)NCc2ccccc2N2CCN(C)CC2)cc1. The molecule has 8 heteroatoms. The van der Waals surface area contributed by atoms with Gasteiger partial charge in [-0.25, -0.2) is 13.1 Å². The van der Waals surface area contributed by atoms with Crippen molar-refractivity contribution < 1.29 is 13.2 Å². The van der Waals surface area contributed by atoms with Crippen LogP contribution in [0.4, 0.5) is 5.69 Å². The Kier molecular flexibility index (Phi) is 7.47. The second-order valence-electron chi connectivity index (χ2n) is 7.55. The van der Waals surface area contributed by atoms with Gasteiger partial charge in [-0.05, 0) is 49.8 Å². The monoisotopic (exact) mass is 430 g/mol. The number of nitrogens with one attached hydrogen (secondary N) is 2. The van der Waals surface area contributed by atoms with Gasteiger partial charge in [0.05, 0.1) is 4.90 Å². The third-order valence-electron chi connectivity index (χ3n) is 5.45. The van der Waals surface area contributed by atoms with Crippen LogP contribution in [0.25, 0.3) is 0 Å². The Morgan fingerprint density at radius 1 is 1.00 bits per heavy atom. The molecule has 0 saturated carbocycles. The molecule has 2 N–H and O–H groups in total. The van der Waals surface area contributed by atoms with Gasteiger partial charge in [-0.3, -0.25) is 4.79 Å². The molecule has 0 bridgehead atoms. The van der Waals surface area contributed by atoms with Gasteiger partial charge < -0.3 is 15.1 Å². The Labute approximate surface area is 179 Å². The molecular formula is C22H30N4O3S.